The number of carbonyl (C=O) groups is 2. The molecule has 2 unspecified atom stereocenters. The van der Waals surface area contributed by atoms with E-state index in [0.717, 1.165) is 6.08 Å². The van der Waals surface area contributed by atoms with Crippen molar-refractivity contribution in [3.63, 3.8) is 0 Å². The summed E-state index contributed by atoms with van der Waals surface area (Å²) < 4.78 is 10.1. The standard InChI is InChI=1S/C11H16N2O5/c1-7(2-10(14)15)11(16)13(4-9-6-18-9)12-3-8-5-17-8/h2,8-9,12H,3-6H2,1H3,(H,14,15)/b7-2-. The number of nitrogens with one attached hydrogen (secondary N) is 1. The molecule has 0 aromatic carbocycles. The van der Waals surface area contributed by atoms with Crippen LogP contribution in [0, 0.1) is 0 Å². The third kappa shape index (κ3) is 4.10. The number of amides is 1. The van der Waals surface area contributed by atoms with Crippen molar-refractivity contribution in [2.45, 2.75) is 19.1 Å². The Kier molecular flexibility index (Phi) is 3.95. The molecular formula is C11H16N2O5. The maximum Gasteiger partial charge on any atom is 0.328 e. The van der Waals surface area contributed by atoms with Crippen LogP contribution in [-0.2, 0) is 19.1 Å². The maximum atomic E-state index is 12.0. The normalized spacial score (nSPS) is 25.7. The van der Waals surface area contributed by atoms with Crippen LogP contribution in [0.5, 0.6) is 0 Å². The summed E-state index contributed by atoms with van der Waals surface area (Å²) in [6.45, 7) is 3.76. The fourth-order valence-corrected chi connectivity index (χ4v) is 1.45. The molecule has 2 aliphatic heterocycles. The number of hydrazine groups is 1. The summed E-state index contributed by atoms with van der Waals surface area (Å²) in [5, 5.41) is 10.0. The summed E-state index contributed by atoms with van der Waals surface area (Å²) in [6, 6.07) is 0. The minimum atomic E-state index is -1.13. The molecule has 2 atom stereocenters. The second kappa shape index (κ2) is 5.47. The SMILES string of the molecule is C/C(=C/C(=O)O)C(=O)N(CC1CO1)NCC1CO1. The first-order valence-corrected chi connectivity index (χ1v) is 5.76. The van der Waals surface area contributed by atoms with Gasteiger partial charge >= 0.3 is 5.97 Å². The van der Waals surface area contributed by atoms with E-state index in [-0.39, 0.29) is 23.7 Å². The van der Waals surface area contributed by atoms with Crippen LogP contribution in [0.3, 0.4) is 0 Å². The van der Waals surface area contributed by atoms with Crippen molar-refractivity contribution in [1.29, 1.82) is 0 Å². The summed E-state index contributed by atoms with van der Waals surface area (Å²) in [5.74, 6) is -1.48. The number of rotatable bonds is 7. The third-order valence-electron chi connectivity index (χ3n) is 2.62. The molecule has 2 fully saturated rings. The van der Waals surface area contributed by atoms with Gasteiger partial charge in [0.05, 0.1) is 25.9 Å². The second-order valence-corrected chi connectivity index (χ2v) is 4.35. The zero-order valence-electron chi connectivity index (χ0n) is 10.1. The van der Waals surface area contributed by atoms with Crippen molar-refractivity contribution >= 4 is 11.9 Å². The summed E-state index contributed by atoms with van der Waals surface area (Å²) in [6.07, 6.45) is 1.08. The lowest BCUT2D eigenvalue weighted by Gasteiger charge is -2.22. The lowest BCUT2D eigenvalue weighted by atomic mass is 10.2. The number of epoxide rings is 2. The van der Waals surface area contributed by atoms with Gasteiger partial charge in [-0.15, -0.1) is 0 Å². The van der Waals surface area contributed by atoms with Crippen LogP contribution in [-0.4, -0.2) is 60.5 Å². The van der Waals surface area contributed by atoms with Crippen LogP contribution < -0.4 is 5.43 Å². The van der Waals surface area contributed by atoms with Crippen molar-refractivity contribution in [3.05, 3.63) is 11.6 Å². The first-order valence-electron chi connectivity index (χ1n) is 5.76. The van der Waals surface area contributed by atoms with Crippen LogP contribution in [0.2, 0.25) is 0 Å². The van der Waals surface area contributed by atoms with E-state index in [2.05, 4.69) is 5.43 Å². The van der Waals surface area contributed by atoms with Gasteiger partial charge in [0.2, 0.25) is 0 Å². The van der Waals surface area contributed by atoms with Gasteiger partial charge in [-0.1, -0.05) is 0 Å². The van der Waals surface area contributed by atoms with E-state index in [4.69, 9.17) is 14.6 Å². The van der Waals surface area contributed by atoms with E-state index in [1.54, 1.807) is 0 Å². The molecular weight excluding hydrogens is 240 g/mol. The van der Waals surface area contributed by atoms with Gasteiger partial charge in [-0.3, -0.25) is 9.80 Å². The smallest absolute Gasteiger partial charge is 0.328 e. The molecule has 100 valence electrons. The van der Waals surface area contributed by atoms with Crippen molar-refractivity contribution < 1.29 is 24.2 Å². The van der Waals surface area contributed by atoms with Gasteiger partial charge in [-0.25, -0.2) is 10.2 Å². The number of aliphatic carboxylic acids is 1. The Hall–Kier alpha value is -1.44. The summed E-state index contributed by atoms with van der Waals surface area (Å²) >= 11 is 0. The molecule has 0 spiro atoms. The molecule has 0 aliphatic carbocycles. The molecule has 7 nitrogen and oxygen atoms in total. The van der Waals surface area contributed by atoms with Crippen LogP contribution in [0.1, 0.15) is 6.92 Å². The van der Waals surface area contributed by atoms with Crippen LogP contribution in [0.4, 0.5) is 0 Å². The second-order valence-electron chi connectivity index (χ2n) is 4.35. The van der Waals surface area contributed by atoms with Gasteiger partial charge in [0.25, 0.3) is 5.91 Å². The Labute approximate surface area is 104 Å². The van der Waals surface area contributed by atoms with Crippen LogP contribution in [0.25, 0.3) is 0 Å². The minimum Gasteiger partial charge on any atom is -0.478 e. The average Bonchev–Trinajstić information content (AvgIpc) is 3.15. The molecule has 2 rings (SSSR count). The molecule has 0 aromatic heterocycles. The van der Waals surface area contributed by atoms with E-state index in [9.17, 15) is 9.59 Å². The van der Waals surface area contributed by atoms with Crippen LogP contribution >= 0.6 is 0 Å². The molecule has 18 heavy (non-hydrogen) atoms. The van der Waals surface area contributed by atoms with Crippen molar-refractivity contribution in [3.8, 4) is 0 Å². The highest BCUT2D eigenvalue weighted by atomic mass is 16.6. The molecule has 1 amide bonds. The Bertz CT molecular complexity index is 374. The first kappa shape index (κ1) is 13.0. The fourth-order valence-electron chi connectivity index (χ4n) is 1.45. The molecule has 2 saturated heterocycles. The summed E-state index contributed by atoms with van der Waals surface area (Å²) in [7, 11) is 0. The lowest BCUT2D eigenvalue weighted by Crippen LogP contribution is -2.47. The summed E-state index contributed by atoms with van der Waals surface area (Å²) in [5.41, 5.74) is 3.13. The maximum absolute atomic E-state index is 12.0. The Morgan fingerprint density at radius 3 is 2.50 bits per heavy atom. The average molecular weight is 256 g/mol. The molecule has 0 bridgehead atoms. The van der Waals surface area contributed by atoms with E-state index >= 15 is 0 Å². The molecule has 2 aliphatic rings. The molecule has 2 heterocycles. The third-order valence-corrected chi connectivity index (χ3v) is 2.62. The van der Waals surface area contributed by atoms with Crippen molar-refractivity contribution in [2.24, 2.45) is 0 Å². The number of hydrogen-bond acceptors (Lipinski definition) is 5. The zero-order valence-corrected chi connectivity index (χ0v) is 10.1. The van der Waals surface area contributed by atoms with Gasteiger partial charge < -0.3 is 14.6 Å². The highest BCUT2D eigenvalue weighted by Gasteiger charge is 2.30. The Morgan fingerprint density at radius 2 is 2.00 bits per heavy atom. The Morgan fingerprint density at radius 1 is 1.39 bits per heavy atom. The molecule has 0 saturated carbocycles. The van der Waals surface area contributed by atoms with Gasteiger partial charge in [0.1, 0.15) is 6.10 Å². The number of carboxylic acids is 1. The van der Waals surface area contributed by atoms with Crippen molar-refractivity contribution in [2.75, 3.05) is 26.3 Å². The van der Waals surface area contributed by atoms with Crippen molar-refractivity contribution in [1.82, 2.24) is 10.4 Å². The van der Waals surface area contributed by atoms with Gasteiger partial charge in [-0.2, -0.15) is 0 Å². The van der Waals surface area contributed by atoms with E-state index in [0.29, 0.717) is 26.3 Å². The monoisotopic (exact) mass is 256 g/mol. The highest BCUT2D eigenvalue weighted by Crippen LogP contribution is 2.13. The number of hydrogen-bond donors (Lipinski definition) is 2. The number of nitrogens with zero attached hydrogens (tertiary/aromatic N) is 1. The molecule has 0 aromatic rings. The number of carbonyl (C=O) groups excluding carboxylic acids is 1. The number of carboxylic acid groups (broad SMARTS) is 1. The zero-order chi connectivity index (χ0) is 13.1. The highest BCUT2D eigenvalue weighted by molar-refractivity contribution is 5.98. The predicted octanol–water partition coefficient (Wildman–Crippen LogP) is -0.852. The molecule has 0 radical (unpaired) electrons. The van der Waals surface area contributed by atoms with E-state index in [1.807, 2.05) is 0 Å². The van der Waals surface area contributed by atoms with Gasteiger partial charge in [-0.05, 0) is 6.92 Å². The topological polar surface area (TPSA) is 94.7 Å². The Balaban J connectivity index is 1.91. The molecule has 2 N–H and O–H groups in total. The minimum absolute atomic E-state index is 0.0409. The first-order chi connectivity index (χ1) is 8.56. The van der Waals surface area contributed by atoms with Gasteiger partial charge in [0, 0.05) is 18.2 Å². The largest absolute Gasteiger partial charge is 0.478 e. The number of ether oxygens (including phenoxy) is 2. The quantitative estimate of drug-likeness (QED) is 0.350. The molecule has 7 heteroatoms. The van der Waals surface area contributed by atoms with E-state index in [1.165, 1.54) is 11.9 Å². The summed E-state index contributed by atoms with van der Waals surface area (Å²) in [4.78, 5) is 22.5. The fraction of sp³-hybridized carbons (Fsp3) is 0.636. The van der Waals surface area contributed by atoms with Crippen LogP contribution in [0.15, 0.2) is 11.6 Å². The van der Waals surface area contributed by atoms with Gasteiger partial charge in [0.15, 0.2) is 0 Å². The lowest BCUT2D eigenvalue weighted by molar-refractivity contribution is -0.133. The van der Waals surface area contributed by atoms with E-state index < -0.39 is 5.97 Å². The predicted molar refractivity (Wildman–Crippen MR) is 60.6 cm³/mol.